The first-order chi connectivity index (χ1) is 33.3. The fourth-order valence-electron chi connectivity index (χ4n) is 8.60. The molecule has 18 heteroatoms. The second-order valence-corrected chi connectivity index (χ2v) is 19.6. The van der Waals surface area contributed by atoms with Crippen molar-refractivity contribution in [3.05, 3.63) is 93.5 Å². The lowest BCUT2D eigenvalue weighted by Crippen LogP contribution is -2.44. The van der Waals surface area contributed by atoms with E-state index in [9.17, 15) is 0 Å². The highest BCUT2D eigenvalue weighted by molar-refractivity contribution is 6.38. The van der Waals surface area contributed by atoms with Crippen molar-refractivity contribution in [1.29, 1.82) is 0 Å². The third-order valence-electron chi connectivity index (χ3n) is 13.2. The fraction of sp³-hybridized carbons (Fsp3) is 0.451. The number of anilines is 4. The number of benzene rings is 4. The van der Waals surface area contributed by atoms with Gasteiger partial charge in [-0.1, -0.05) is 47.5 Å². The van der Waals surface area contributed by atoms with Crippen molar-refractivity contribution in [3.8, 4) is 0 Å². The molecule has 0 radical (unpaired) electrons. The molecular formula is C51H64Cl2N12O4. The lowest BCUT2D eigenvalue weighted by atomic mass is 10.2. The number of nitrogens with zero attached hydrogens (tertiary/aromatic N) is 12. The molecule has 4 aromatic carbocycles. The van der Waals surface area contributed by atoms with E-state index in [1.165, 1.54) is 11.1 Å². The van der Waals surface area contributed by atoms with Gasteiger partial charge in [-0.2, -0.15) is 19.9 Å². The van der Waals surface area contributed by atoms with Crippen LogP contribution in [0.2, 0.25) is 10.0 Å². The molecule has 16 nitrogen and oxygen atoms in total. The molecule has 366 valence electrons. The molecule has 0 aliphatic carbocycles. The van der Waals surface area contributed by atoms with E-state index in [2.05, 4.69) is 132 Å². The van der Waals surface area contributed by atoms with Crippen molar-refractivity contribution in [2.45, 2.75) is 20.8 Å². The predicted octanol–water partition coefficient (Wildman–Crippen LogP) is 8.55. The molecule has 0 spiro atoms. The highest BCUT2D eigenvalue weighted by Gasteiger charge is 2.23. The fourth-order valence-corrected chi connectivity index (χ4v) is 9.12. The summed E-state index contributed by atoms with van der Waals surface area (Å²) in [6.07, 6.45) is 0. The van der Waals surface area contributed by atoms with Crippen molar-refractivity contribution < 1.29 is 17.7 Å². The Kier molecular flexibility index (Phi) is 15.1. The van der Waals surface area contributed by atoms with Crippen LogP contribution >= 0.6 is 23.2 Å². The average molecular weight is 980 g/mol. The lowest BCUT2D eigenvalue weighted by Gasteiger charge is -2.31. The number of halogens is 2. The molecule has 0 amide bonds. The van der Waals surface area contributed by atoms with Gasteiger partial charge in [-0.05, 0) is 108 Å². The topological polar surface area (TPSA) is 130 Å². The number of rotatable bonds is 4. The highest BCUT2D eigenvalue weighted by atomic mass is 35.5. The molecule has 4 aliphatic heterocycles. The van der Waals surface area contributed by atoms with Crippen molar-refractivity contribution in [2.24, 2.45) is 0 Å². The number of para-hydroxylation sites is 1. The van der Waals surface area contributed by atoms with E-state index >= 15 is 0 Å². The number of piperazine rings is 4. The van der Waals surface area contributed by atoms with E-state index in [1.54, 1.807) is 12.1 Å². The van der Waals surface area contributed by atoms with E-state index in [1.807, 2.05) is 30.3 Å². The van der Waals surface area contributed by atoms with Crippen LogP contribution in [0.25, 0.3) is 44.4 Å². The molecule has 8 aromatic rings. The van der Waals surface area contributed by atoms with E-state index in [0.717, 1.165) is 162 Å². The maximum absolute atomic E-state index is 6.09. The SMILES string of the molecule is CN1CCN(c2nc3cc(Cl)cc(Cl)c3o2)CC1.Cc1ccc2nc(N3CCN(C)CC3)oc2c1.Cc1ccc2oc(N3CCN(C)CC3)nc2c1.Cc1cccc2nc(N3CCN(C)CC3)oc12. The summed E-state index contributed by atoms with van der Waals surface area (Å²) < 4.78 is 23.2. The second kappa shape index (κ2) is 21.6. The molecule has 0 saturated carbocycles. The number of aryl methyl sites for hydroxylation is 3. The minimum Gasteiger partial charge on any atom is -0.423 e. The Morgan fingerprint density at radius 1 is 0.391 bits per heavy atom. The van der Waals surface area contributed by atoms with Gasteiger partial charge in [-0.15, -0.1) is 0 Å². The first-order valence-corrected chi connectivity index (χ1v) is 24.7. The molecular weight excluding hydrogens is 916 g/mol. The summed E-state index contributed by atoms with van der Waals surface area (Å²) >= 11 is 12.0. The monoisotopic (exact) mass is 978 g/mol. The van der Waals surface area contributed by atoms with Gasteiger partial charge in [0.05, 0.1) is 5.02 Å². The zero-order valence-corrected chi connectivity index (χ0v) is 42.4. The first kappa shape index (κ1) is 48.4. The third-order valence-corrected chi connectivity index (χ3v) is 13.7. The van der Waals surface area contributed by atoms with Crippen molar-refractivity contribution >= 4 is 91.7 Å². The van der Waals surface area contributed by atoms with Crippen LogP contribution in [0.1, 0.15) is 16.7 Å². The highest BCUT2D eigenvalue weighted by Crippen LogP contribution is 2.32. The van der Waals surface area contributed by atoms with Crippen LogP contribution in [0.3, 0.4) is 0 Å². The summed E-state index contributed by atoms with van der Waals surface area (Å²) in [4.78, 5) is 36.2. The zero-order valence-electron chi connectivity index (χ0n) is 40.9. The largest absolute Gasteiger partial charge is 0.423 e. The summed E-state index contributed by atoms with van der Waals surface area (Å²) in [5, 5.41) is 1.08. The minimum absolute atomic E-state index is 0.505. The maximum Gasteiger partial charge on any atom is 0.298 e. The summed E-state index contributed by atoms with van der Waals surface area (Å²) in [5.74, 6) is 0. The van der Waals surface area contributed by atoms with E-state index < -0.39 is 0 Å². The summed E-state index contributed by atoms with van der Waals surface area (Å²) in [7, 11) is 8.55. The molecule has 4 saturated heterocycles. The summed E-state index contributed by atoms with van der Waals surface area (Å²) in [6.45, 7) is 22.4. The number of aromatic nitrogens is 4. The van der Waals surface area contributed by atoms with Gasteiger partial charge < -0.3 is 56.9 Å². The normalized spacial score (nSPS) is 17.8. The number of likely N-dealkylation sites (N-methyl/N-ethyl adjacent to an activating group) is 4. The lowest BCUT2D eigenvalue weighted by molar-refractivity contribution is 0.305. The molecule has 69 heavy (non-hydrogen) atoms. The molecule has 0 N–H and O–H groups in total. The predicted molar refractivity (Wildman–Crippen MR) is 279 cm³/mol. The number of hydrogen-bond donors (Lipinski definition) is 0. The molecule has 4 aliphatic rings. The van der Waals surface area contributed by atoms with Crippen LogP contribution in [-0.2, 0) is 0 Å². The maximum atomic E-state index is 6.09. The minimum atomic E-state index is 0.505. The van der Waals surface area contributed by atoms with Crippen molar-refractivity contribution in [1.82, 2.24) is 39.5 Å². The van der Waals surface area contributed by atoms with E-state index in [4.69, 9.17) is 40.9 Å². The van der Waals surface area contributed by atoms with E-state index in [-0.39, 0.29) is 0 Å². The van der Waals surface area contributed by atoms with Gasteiger partial charge in [-0.3, -0.25) is 0 Å². The Balaban J connectivity index is 0.000000115. The molecule has 0 unspecified atom stereocenters. The Morgan fingerprint density at radius 2 is 0.826 bits per heavy atom. The van der Waals surface area contributed by atoms with Gasteiger partial charge in [-0.25, -0.2) is 0 Å². The van der Waals surface area contributed by atoms with Crippen LogP contribution in [-0.4, -0.2) is 172 Å². The molecule has 4 aromatic heterocycles. The zero-order chi connectivity index (χ0) is 48.2. The van der Waals surface area contributed by atoms with Gasteiger partial charge in [0, 0.05) is 110 Å². The number of oxazole rings is 4. The number of fused-ring (bicyclic) bond motifs is 4. The van der Waals surface area contributed by atoms with E-state index in [0.29, 0.717) is 27.2 Å². The van der Waals surface area contributed by atoms with Gasteiger partial charge in [0.15, 0.2) is 22.3 Å². The quantitative estimate of drug-likeness (QED) is 0.167. The summed E-state index contributed by atoms with van der Waals surface area (Å²) in [5.41, 5.74) is 10.4. The van der Waals surface area contributed by atoms with Crippen molar-refractivity contribution in [2.75, 3.05) is 153 Å². The molecule has 12 rings (SSSR count). The standard InChI is InChI=1S/3C13H17N3O.C12H13Cl2N3O/c1-10-3-4-12-11(9-10)14-13(17-12)16-7-5-15(2)6-8-16;1-10-3-4-11-12(9-10)17-13(14-11)16-7-5-15(2)6-8-16;1-10-4-3-5-11-12(10)17-13(14-11)16-8-6-15(2)7-9-16;1-16-2-4-17(5-3-16)12-15-10-7-8(13)6-9(14)11(10)18-12/h2*3-4,9H,5-8H2,1-2H3;3-5H,6-9H2,1-2H3;6-7H,2-5H2,1H3. The Bertz CT molecular complexity index is 2860. The van der Waals surface area contributed by atoms with Crippen LogP contribution in [0.4, 0.5) is 24.1 Å². The van der Waals surface area contributed by atoms with Gasteiger partial charge in [0.2, 0.25) is 0 Å². The smallest absolute Gasteiger partial charge is 0.298 e. The second-order valence-electron chi connectivity index (χ2n) is 18.7. The third kappa shape index (κ3) is 11.9. The average Bonchev–Trinajstić information content (AvgIpc) is 4.16. The van der Waals surface area contributed by atoms with Crippen LogP contribution in [0, 0.1) is 20.8 Å². The first-order valence-electron chi connectivity index (χ1n) is 23.9. The van der Waals surface area contributed by atoms with Crippen molar-refractivity contribution in [3.63, 3.8) is 0 Å². The molecule has 0 bridgehead atoms. The van der Waals surface area contributed by atoms with Crippen LogP contribution in [0.5, 0.6) is 0 Å². The van der Waals surface area contributed by atoms with Gasteiger partial charge in [0.25, 0.3) is 24.1 Å². The Hall–Kier alpha value is -5.62. The molecule has 8 heterocycles. The number of hydrogen-bond acceptors (Lipinski definition) is 16. The van der Waals surface area contributed by atoms with Crippen LogP contribution < -0.4 is 19.6 Å². The molecule has 0 atom stereocenters. The van der Waals surface area contributed by atoms with Crippen LogP contribution in [0.15, 0.2) is 84.4 Å². The Labute approximate surface area is 413 Å². The van der Waals surface area contributed by atoms with Gasteiger partial charge in [0.1, 0.15) is 22.1 Å². The Morgan fingerprint density at radius 3 is 1.36 bits per heavy atom. The van der Waals surface area contributed by atoms with Gasteiger partial charge >= 0.3 is 0 Å². The molecule has 4 fully saturated rings. The summed E-state index contributed by atoms with van der Waals surface area (Å²) in [6, 6.07) is 24.7.